The largest absolute Gasteiger partial charge is 0.322 e. The molecule has 2 aromatic rings. The highest BCUT2D eigenvalue weighted by atomic mass is 19.1. The van der Waals surface area contributed by atoms with Gasteiger partial charge in [0.15, 0.2) is 0 Å². The summed E-state index contributed by atoms with van der Waals surface area (Å²) in [5.41, 5.74) is 1.87. The first kappa shape index (κ1) is 17.4. The zero-order chi connectivity index (χ0) is 17.6. The van der Waals surface area contributed by atoms with E-state index in [1.807, 2.05) is 6.07 Å². The predicted octanol–water partition coefficient (Wildman–Crippen LogP) is 3.54. The van der Waals surface area contributed by atoms with E-state index in [9.17, 15) is 9.18 Å². The van der Waals surface area contributed by atoms with Crippen LogP contribution in [-0.2, 0) is 6.42 Å². The summed E-state index contributed by atoms with van der Waals surface area (Å²) < 4.78 is 13.3. The van der Waals surface area contributed by atoms with Gasteiger partial charge in [-0.25, -0.2) is 9.18 Å². The average Bonchev–Trinajstić information content (AvgIpc) is 2.62. The van der Waals surface area contributed by atoms with Gasteiger partial charge in [0, 0.05) is 12.7 Å². The third kappa shape index (κ3) is 4.79. The topological polar surface area (TPSA) is 44.4 Å². The molecule has 1 aliphatic heterocycles. The highest BCUT2D eigenvalue weighted by molar-refractivity contribution is 5.91. The van der Waals surface area contributed by atoms with Crippen molar-refractivity contribution >= 4 is 11.7 Å². The van der Waals surface area contributed by atoms with Crippen molar-refractivity contribution in [2.24, 2.45) is 5.92 Å². The number of anilines is 1. The number of carbonyl (C=O) groups excluding carboxylic acids is 1. The van der Waals surface area contributed by atoms with Gasteiger partial charge in [0.1, 0.15) is 5.82 Å². The average molecular weight is 341 g/mol. The number of benzene rings is 2. The first-order valence-electron chi connectivity index (χ1n) is 8.69. The minimum atomic E-state index is -0.351. The summed E-state index contributed by atoms with van der Waals surface area (Å²) in [5, 5.41) is 6.36. The number of piperidine rings is 1. The second-order valence-electron chi connectivity index (χ2n) is 6.58. The maximum Gasteiger partial charge on any atom is 0.322 e. The molecule has 1 fully saturated rings. The number of nitrogens with zero attached hydrogens (tertiary/aromatic N) is 1. The standard InChI is InChI=1S/C20H24FN3O/c1-24(18-9-5-8-17(21)14-18)20(25)23-19-13-16(10-11-22-19)12-15-6-3-2-4-7-15/h2-9,14,16,19,22H,10-13H2,1H3,(H,23,25)/t16-,19-/m0/s1. The Balaban J connectivity index is 1.56. The van der Waals surface area contributed by atoms with Crippen molar-refractivity contribution in [1.82, 2.24) is 10.6 Å². The molecule has 0 bridgehead atoms. The third-order valence-electron chi connectivity index (χ3n) is 4.68. The summed E-state index contributed by atoms with van der Waals surface area (Å²) in [6, 6.07) is 16.2. The molecule has 0 aromatic heterocycles. The number of hydrogen-bond acceptors (Lipinski definition) is 2. The van der Waals surface area contributed by atoms with Gasteiger partial charge in [-0.05, 0) is 55.5 Å². The maximum absolute atomic E-state index is 13.3. The number of halogens is 1. The van der Waals surface area contributed by atoms with Crippen LogP contribution in [0.15, 0.2) is 54.6 Å². The van der Waals surface area contributed by atoms with Crippen LogP contribution in [0.4, 0.5) is 14.9 Å². The second-order valence-corrected chi connectivity index (χ2v) is 6.58. The van der Waals surface area contributed by atoms with Gasteiger partial charge in [0.05, 0.1) is 6.17 Å². The first-order valence-corrected chi connectivity index (χ1v) is 8.69. The number of carbonyl (C=O) groups is 1. The fraction of sp³-hybridized carbons (Fsp3) is 0.350. The van der Waals surface area contributed by atoms with Gasteiger partial charge in [0.25, 0.3) is 0 Å². The zero-order valence-corrected chi connectivity index (χ0v) is 14.4. The minimum absolute atomic E-state index is 0.0639. The molecule has 1 saturated heterocycles. The van der Waals surface area contributed by atoms with Crippen molar-refractivity contribution in [2.75, 3.05) is 18.5 Å². The van der Waals surface area contributed by atoms with Crippen LogP contribution >= 0.6 is 0 Å². The van der Waals surface area contributed by atoms with Crippen molar-refractivity contribution < 1.29 is 9.18 Å². The van der Waals surface area contributed by atoms with Crippen LogP contribution in [0.2, 0.25) is 0 Å². The smallest absolute Gasteiger partial charge is 0.322 e. The Kier molecular flexibility index (Phi) is 5.66. The van der Waals surface area contributed by atoms with Crippen LogP contribution in [0.1, 0.15) is 18.4 Å². The monoisotopic (exact) mass is 341 g/mol. The molecule has 5 heteroatoms. The Morgan fingerprint density at radius 2 is 2.04 bits per heavy atom. The van der Waals surface area contributed by atoms with E-state index in [1.165, 1.54) is 22.6 Å². The molecule has 1 aliphatic rings. The van der Waals surface area contributed by atoms with E-state index in [1.54, 1.807) is 19.2 Å². The number of hydrogen-bond donors (Lipinski definition) is 2. The normalized spacial score (nSPS) is 20.1. The van der Waals surface area contributed by atoms with Crippen LogP contribution in [0.25, 0.3) is 0 Å². The second kappa shape index (κ2) is 8.12. The highest BCUT2D eigenvalue weighted by Gasteiger charge is 2.24. The van der Waals surface area contributed by atoms with Crippen LogP contribution in [0.5, 0.6) is 0 Å². The van der Waals surface area contributed by atoms with Crippen LogP contribution in [0, 0.1) is 11.7 Å². The molecule has 0 aliphatic carbocycles. The van der Waals surface area contributed by atoms with Gasteiger partial charge in [-0.15, -0.1) is 0 Å². The van der Waals surface area contributed by atoms with Crippen molar-refractivity contribution in [3.8, 4) is 0 Å². The molecule has 0 saturated carbocycles. The quantitative estimate of drug-likeness (QED) is 0.893. The maximum atomic E-state index is 13.3. The molecule has 25 heavy (non-hydrogen) atoms. The summed E-state index contributed by atoms with van der Waals surface area (Å²) >= 11 is 0. The molecular weight excluding hydrogens is 317 g/mol. The third-order valence-corrected chi connectivity index (χ3v) is 4.68. The molecule has 3 rings (SSSR count). The molecule has 0 radical (unpaired) electrons. The Labute approximate surface area is 148 Å². The van der Waals surface area contributed by atoms with Crippen molar-refractivity contribution in [1.29, 1.82) is 0 Å². The molecular formula is C20H24FN3O. The lowest BCUT2D eigenvalue weighted by atomic mass is 9.89. The van der Waals surface area contributed by atoms with Gasteiger partial charge in [-0.2, -0.15) is 0 Å². The summed E-state index contributed by atoms with van der Waals surface area (Å²) in [6.45, 7) is 0.881. The van der Waals surface area contributed by atoms with Gasteiger partial charge in [-0.1, -0.05) is 36.4 Å². The van der Waals surface area contributed by atoms with Gasteiger partial charge >= 0.3 is 6.03 Å². The Hall–Kier alpha value is -2.40. The summed E-state index contributed by atoms with van der Waals surface area (Å²) in [7, 11) is 1.65. The van der Waals surface area contributed by atoms with E-state index >= 15 is 0 Å². The summed E-state index contributed by atoms with van der Waals surface area (Å²) in [6.07, 6.45) is 2.94. The van der Waals surface area contributed by atoms with Crippen molar-refractivity contribution in [2.45, 2.75) is 25.4 Å². The van der Waals surface area contributed by atoms with E-state index in [-0.39, 0.29) is 18.0 Å². The molecule has 0 unspecified atom stereocenters. The van der Waals surface area contributed by atoms with E-state index in [4.69, 9.17) is 0 Å². The molecule has 1 heterocycles. The molecule has 2 aromatic carbocycles. The lowest BCUT2D eigenvalue weighted by molar-refractivity contribution is 0.226. The molecule has 2 amide bonds. The molecule has 0 spiro atoms. The van der Waals surface area contributed by atoms with E-state index < -0.39 is 0 Å². The fourth-order valence-corrected chi connectivity index (χ4v) is 3.29. The zero-order valence-electron chi connectivity index (χ0n) is 14.4. The molecule has 132 valence electrons. The van der Waals surface area contributed by atoms with E-state index in [0.29, 0.717) is 11.6 Å². The summed E-state index contributed by atoms with van der Waals surface area (Å²) in [4.78, 5) is 13.9. The van der Waals surface area contributed by atoms with Crippen molar-refractivity contribution in [3.05, 3.63) is 66.0 Å². The first-order chi connectivity index (χ1) is 12.1. The summed E-state index contributed by atoms with van der Waals surface area (Å²) in [5.74, 6) is 0.185. The van der Waals surface area contributed by atoms with E-state index in [0.717, 1.165) is 25.8 Å². The van der Waals surface area contributed by atoms with Crippen molar-refractivity contribution in [3.63, 3.8) is 0 Å². The lowest BCUT2D eigenvalue weighted by Gasteiger charge is -2.32. The van der Waals surface area contributed by atoms with Crippen LogP contribution in [-0.4, -0.2) is 25.8 Å². The molecule has 4 nitrogen and oxygen atoms in total. The molecule has 2 atom stereocenters. The number of urea groups is 1. The van der Waals surface area contributed by atoms with Gasteiger partial charge in [-0.3, -0.25) is 10.2 Å². The Morgan fingerprint density at radius 1 is 1.24 bits per heavy atom. The van der Waals surface area contributed by atoms with Gasteiger partial charge in [0.2, 0.25) is 0 Å². The SMILES string of the molecule is CN(C(=O)N[C@H]1C[C@H](Cc2ccccc2)CCN1)c1cccc(F)c1. The highest BCUT2D eigenvalue weighted by Crippen LogP contribution is 2.21. The van der Waals surface area contributed by atoms with Crippen LogP contribution in [0.3, 0.4) is 0 Å². The van der Waals surface area contributed by atoms with Crippen LogP contribution < -0.4 is 15.5 Å². The van der Waals surface area contributed by atoms with E-state index in [2.05, 4.69) is 34.9 Å². The minimum Gasteiger partial charge on any atom is -0.322 e. The number of nitrogens with one attached hydrogen (secondary N) is 2. The molecule has 2 N–H and O–H groups in total. The fourth-order valence-electron chi connectivity index (χ4n) is 3.29. The number of rotatable bonds is 4. The number of amides is 2. The van der Waals surface area contributed by atoms with Gasteiger partial charge < -0.3 is 5.32 Å². The Bertz CT molecular complexity index is 707. The predicted molar refractivity (Wildman–Crippen MR) is 98.0 cm³/mol. The Morgan fingerprint density at radius 3 is 2.80 bits per heavy atom. The lowest BCUT2D eigenvalue weighted by Crippen LogP contribution is -2.53.